The zero-order chi connectivity index (χ0) is 22.1. The van der Waals surface area contributed by atoms with Crippen LogP contribution < -0.4 is 0 Å². The van der Waals surface area contributed by atoms with Crippen LogP contribution in [0, 0.1) is 22.0 Å². The molecule has 2 fully saturated rings. The molecule has 1 aliphatic carbocycles. The number of rotatable bonds is 5. The molecule has 2 aromatic carbocycles. The number of carbonyl (C=O) groups is 3. The van der Waals surface area contributed by atoms with Crippen molar-refractivity contribution in [1.82, 2.24) is 10.0 Å². The van der Waals surface area contributed by atoms with Gasteiger partial charge in [0.15, 0.2) is 0 Å². The average molecular weight is 442 g/mol. The van der Waals surface area contributed by atoms with Crippen molar-refractivity contribution in [2.45, 2.75) is 32.2 Å². The van der Waals surface area contributed by atoms with Gasteiger partial charge in [0.05, 0.1) is 23.3 Å². The molecule has 1 aliphatic heterocycles. The van der Waals surface area contributed by atoms with Crippen molar-refractivity contribution in [3.8, 4) is 0 Å². The Bertz CT molecular complexity index is 1030. The van der Waals surface area contributed by atoms with Crippen molar-refractivity contribution in [3.05, 3.63) is 74.8 Å². The molecule has 0 radical (unpaired) electrons. The number of hydrogen-bond acceptors (Lipinski definition) is 5. The van der Waals surface area contributed by atoms with Crippen LogP contribution in [-0.2, 0) is 16.1 Å². The molecule has 0 bridgehead atoms. The first-order valence-electron chi connectivity index (χ1n) is 10.1. The van der Waals surface area contributed by atoms with E-state index in [0.717, 1.165) is 22.9 Å². The summed E-state index contributed by atoms with van der Waals surface area (Å²) in [6.45, 7) is -0.0770. The van der Waals surface area contributed by atoms with E-state index in [0.29, 0.717) is 23.4 Å². The van der Waals surface area contributed by atoms with E-state index in [1.807, 2.05) is 0 Å². The number of halogens is 1. The van der Waals surface area contributed by atoms with Crippen LogP contribution in [0.3, 0.4) is 0 Å². The summed E-state index contributed by atoms with van der Waals surface area (Å²) < 4.78 is 0. The van der Waals surface area contributed by atoms with Gasteiger partial charge in [0.1, 0.15) is 0 Å². The molecular formula is C22H20ClN3O5. The third-order valence-corrected chi connectivity index (χ3v) is 6.27. The normalized spacial score (nSPS) is 20.5. The Hall–Kier alpha value is -3.26. The van der Waals surface area contributed by atoms with Gasteiger partial charge in [-0.1, -0.05) is 42.6 Å². The van der Waals surface area contributed by atoms with Gasteiger partial charge in [0.25, 0.3) is 23.4 Å². The van der Waals surface area contributed by atoms with Crippen LogP contribution in [0.25, 0.3) is 0 Å². The van der Waals surface area contributed by atoms with Crippen LogP contribution in [0.4, 0.5) is 5.69 Å². The maximum Gasteiger partial charge on any atom is 0.273 e. The number of benzene rings is 2. The van der Waals surface area contributed by atoms with Gasteiger partial charge in [-0.25, -0.2) is 5.01 Å². The van der Waals surface area contributed by atoms with Crippen LogP contribution >= 0.6 is 11.6 Å². The summed E-state index contributed by atoms with van der Waals surface area (Å²) in [6, 6.07) is 12.0. The summed E-state index contributed by atoms with van der Waals surface area (Å²) in [6.07, 6.45) is 2.98. The molecule has 0 N–H and O–H groups in total. The Balaban J connectivity index is 1.71. The number of nitro groups is 1. The molecule has 1 heterocycles. The Labute approximate surface area is 183 Å². The highest BCUT2D eigenvalue weighted by atomic mass is 35.5. The number of imide groups is 1. The number of nitrogens with zero attached hydrogens (tertiary/aromatic N) is 3. The lowest BCUT2D eigenvalue weighted by molar-refractivity contribution is -0.384. The first-order valence-corrected chi connectivity index (χ1v) is 10.4. The van der Waals surface area contributed by atoms with Crippen LogP contribution in [-0.4, -0.2) is 32.7 Å². The molecule has 4 rings (SSSR count). The molecule has 160 valence electrons. The minimum Gasteiger partial charge on any atom is -0.272 e. The van der Waals surface area contributed by atoms with E-state index in [9.17, 15) is 24.5 Å². The predicted octanol–water partition coefficient (Wildman–Crippen LogP) is 3.98. The van der Waals surface area contributed by atoms with Crippen LogP contribution in [0.1, 0.15) is 41.6 Å². The summed E-state index contributed by atoms with van der Waals surface area (Å²) in [5.41, 5.74) is 0.552. The quantitative estimate of drug-likeness (QED) is 0.397. The van der Waals surface area contributed by atoms with Gasteiger partial charge in [-0.2, -0.15) is 5.01 Å². The van der Waals surface area contributed by atoms with Gasteiger partial charge in [0, 0.05) is 22.7 Å². The molecule has 2 aromatic rings. The number of carbonyl (C=O) groups excluding carboxylic acids is 3. The summed E-state index contributed by atoms with van der Waals surface area (Å²) >= 11 is 6.27. The van der Waals surface area contributed by atoms with Crippen molar-refractivity contribution in [1.29, 1.82) is 0 Å². The number of nitro benzene ring substituents is 1. The zero-order valence-electron chi connectivity index (χ0n) is 16.6. The minimum atomic E-state index is -0.602. The van der Waals surface area contributed by atoms with Gasteiger partial charge in [-0.05, 0) is 36.6 Å². The van der Waals surface area contributed by atoms with E-state index < -0.39 is 22.7 Å². The van der Waals surface area contributed by atoms with E-state index in [1.165, 1.54) is 24.3 Å². The first kappa shape index (κ1) is 21.0. The molecule has 9 heteroatoms. The molecule has 8 nitrogen and oxygen atoms in total. The van der Waals surface area contributed by atoms with E-state index in [1.54, 1.807) is 24.3 Å². The summed E-state index contributed by atoms with van der Waals surface area (Å²) in [4.78, 5) is 50.0. The van der Waals surface area contributed by atoms with Crippen molar-refractivity contribution in [2.24, 2.45) is 11.8 Å². The minimum absolute atomic E-state index is 0.0770. The molecule has 1 saturated heterocycles. The number of non-ortho nitro benzene ring substituents is 1. The number of fused-ring (bicyclic) bond motifs is 1. The lowest BCUT2D eigenvalue weighted by Crippen LogP contribution is -2.49. The largest absolute Gasteiger partial charge is 0.273 e. The maximum atomic E-state index is 13.4. The summed E-state index contributed by atoms with van der Waals surface area (Å²) in [5.74, 6) is -2.19. The molecular weight excluding hydrogens is 422 g/mol. The van der Waals surface area contributed by atoms with Gasteiger partial charge in [-0.3, -0.25) is 24.5 Å². The van der Waals surface area contributed by atoms with Crippen molar-refractivity contribution in [2.75, 3.05) is 0 Å². The number of hydrogen-bond donors (Lipinski definition) is 0. The van der Waals surface area contributed by atoms with E-state index in [2.05, 4.69) is 0 Å². The molecule has 1 saturated carbocycles. The van der Waals surface area contributed by atoms with E-state index >= 15 is 0 Å². The van der Waals surface area contributed by atoms with Gasteiger partial charge < -0.3 is 0 Å². The number of amides is 3. The Kier molecular flexibility index (Phi) is 5.73. The maximum absolute atomic E-state index is 13.4. The fraction of sp³-hybridized carbons (Fsp3) is 0.318. The van der Waals surface area contributed by atoms with E-state index in [4.69, 9.17) is 11.6 Å². The monoisotopic (exact) mass is 441 g/mol. The van der Waals surface area contributed by atoms with Crippen molar-refractivity contribution >= 4 is 35.0 Å². The predicted molar refractivity (Wildman–Crippen MR) is 112 cm³/mol. The molecule has 0 aromatic heterocycles. The Morgan fingerprint density at radius 1 is 1.03 bits per heavy atom. The van der Waals surface area contributed by atoms with Crippen LogP contribution in [0.5, 0.6) is 0 Å². The fourth-order valence-corrected chi connectivity index (χ4v) is 4.47. The highest BCUT2D eigenvalue weighted by molar-refractivity contribution is 6.31. The van der Waals surface area contributed by atoms with Crippen molar-refractivity contribution in [3.63, 3.8) is 0 Å². The van der Waals surface area contributed by atoms with Crippen LogP contribution in [0.15, 0.2) is 48.5 Å². The number of hydrazine groups is 1. The highest BCUT2D eigenvalue weighted by Gasteiger charge is 2.51. The standard InChI is InChI=1S/C22H20ClN3O5/c23-19-8-4-1-5-15(19)13-24(20(27)14-9-11-16(12-10-14)26(30)31)25-21(28)17-6-2-3-7-18(17)22(25)29/h1,4-5,8-12,17-18H,2-3,6-7,13H2. The molecule has 0 spiro atoms. The Morgan fingerprint density at radius 3 is 2.16 bits per heavy atom. The molecule has 2 atom stereocenters. The topological polar surface area (TPSA) is 101 Å². The second-order valence-electron chi connectivity index (χ2n) is 7.74. The van der Waals surface area contributed by atoms with Gasteiger partial charge in [0.2, 0.25) is 0 Å². The third kappa shape index (κ3) is 3.90. The van der Waals surface area contributed by atoms with E-state index in [-0.39, 0.29) is 29.6 Å². The second kappa shape index (κ2) is 8.47. The summed E-state index contributed by atoms with van der Waals surface area (Å²) in [7, 11) is 0. The lowest BCUT2D eigenvalue weighted by Gasteiger charge is -2.31. The van der Waals surface area contributed by atoms with Crippen LogP contribution in [0.2, 0.25) is 5.02 Å². The fourth-order valence-electron chi connectivity index (χ4n) is 4.28. The Morgan fingerprint density at radius 2 is 1.61 bits per heavy atom. The van der Waals surface area contributed by atoms with Gasteiger partial charge in [-0.15, -0.1) is 0 Å². The van der Waals surface area contributed by atoms with Crippen molar-refractivity contribution < 1.29 is 19.3 Å². The first-order chi connectivity index (χ1) is 14.9. The highest BCUT2D eigenvalue weighted by Crippen LogP contribution is 2.39. The molecule has 2 unspecified atom stereocenters. The molecule has 3 amide bonds. The average Bonchev–Trinajstić information content (AvgIpc) is 3.03. The van der Waals surface area contributed by atoms with Gasteiger partial charge >= 0.3 is 0 Å². The SMILES string of the molecule is O=C(c1ccc([N+](=O)[O-])cc1)N(Cc1ccccc1Cl)N1C(=O)C2CCCCC2C1=O. The smallest absolute Gasteiger partial charge is 0.272 e. The lowest BCUT2D eigenvalue weighted by atomic mass is 9.81. The molecule has 31 heavy (non-hydrogen) atoms. The second-order valence-corrected chi connectivity index (χ2v) is 8.15. The third-order valence-electron chi connectivity index (χ3n) is 5.90. The summed E-state index contributed by atoms with van der Waals surface area (Å²) in [5, 5.41) is 13.4. The zero-order valence-corrected chi connectivity index (χ0v) is 17.3. The molecule has 2 aliphatic rings.